The van der Waals surface area contributed by atoms with E-state index in [1.54, 1.807) is 0 Å². The zero-order valence-electron chi connectivity index (χ0n) is 11.8. The Balaban J connectivity index is 2.13. The number of hydrogen-bond donors (Lipinski definition) is 1. The van der Waals surface area contributed by atoms with Gasteiger partial charge in [-0.3, -0.25) is 4.79 Å². The molecular weight excluding hydrogens is 238 g/mol. The Morgan fingerprint density at radius 3 is 2.42 bits per heavy atom. The summed E-state index contributed by atoms with van der Waals surface area (Å²) in [5.41, 5.74) is 2.46. The van der Waals surface area contributed by atoms with Crippen LogP contribution in [0.1, 0.15) is 42.7 Å². The molecule has 0 aliphatic heterocycles. The monoisotopic (exact) mass is 261 g/mol. The maximum atomic E-state index is 11.3. The second kappa shape index (κ2) is 6.20. The third kappa shape index (κ3) is 3.57. The summed E-state index contributed by atoms with van der Waals surface area (Å²) in [4.78, 5) is 13.5. The van der Waals surface area contributed by atoms with Crippen LogP contribution in [0, 0.1) is 5.92 Å². The maximum Gasteiger partial charge on any atom is 0.307 e. The molecule has 0 bridgehead atoms. The van der Waals surface area contributed by atoms with Crippen molar-refractivity contribution in [3.63, 3.8) is 0 Å². The molecule has 1 aliphatic rings. The van der Waals surface area contributed by atoms with Crippen molar-refractivity contribution in [2.75, 3.05) is 14.1 Å². The Hall–Kier alpha value is -1.35. The Morgan fingerprint density at radius 2 is 1.84 bits per heavy atom. The van der Waals surface area contributed by atoms with Gasteiger partial charge in [-0.1, -0.05) is 37.1 Å². The molecule has 3 heteroatoms. The van der Waals surface area contributed by atoms with Crippen molar-refractivity contribution in [1.82, 2.24) is 4.90 Å². The van der Waals surface area contributed by atoms with Crippen LogP contribution in [-0.4, -0.2) is 30.1 Å². The fourth-order valence-electron chi connectivity index (χ4n) is 3.06. The lowest BCUT2D eigenvalue weighted by Crippen LogP contribution is -2.25. The van der Waals surface area contributed by atoms with E-state index in [0.717, 1.165) is 32.2 Å². The summed E-state index contributed by atoms with van der Waals surface area (Å²) in [5, 5.41) is 9.34. The molecule has 104 valence electrons. The summed E-state index contributed by atoms with van der Waals surface area (Å²) in [6, 6.07) is 8.49. The lowest BCUT2D eigenvalue weighted by atomic mass is 9.75. The van der Waals surface area contributed by atoms with E-state index in [-0.39, 0.29) is 11.8 Å². The molecule has 1 saturated carbocycles. The number of rotatable bonds is 4. The van der Waals surface area contributed by atoms with E-state index >= 15 is 0 Å². The van der Waals surface area contributed by atoms with Gasteiger partial charge in [-0.2, -0.15) is 0 Å². The summed E-state index contributed by atoms with van der Waals surface area (Å²) in [6.07, 6.45) is 4.02. The van der Waals surface area contributed by atoms with Crippen LogP contribution in [-0.2, 0) is 11.3 Å². The summed E-state index contributed by atoms with van der Waals surface area (Å²) >= 11 is 0. The summed E-state index contributed by atoms with van der Waals surface area (Å²) in [6.45, 7) is 0.924. The summed E-state index contributed by atoms with van der Waals surface area (Å²) < 4.78 is 0. The van der Waals surface area contributed by atoms with Gasteiger partial charge in [-0.15, -0.1) is 0 Å². The van der Waals surface area contributed by atoms with Gasteiger partial charge in [-0.05, 0) is 44.0 Å². The molecule has 0 spiro atoms. The van der Waals surface area contributed by atoms with E-state index in [0.29, 0.717) is 0 Å². The first-order valence-corrected chi connectivity index (χ1v) is 7.04. The van der Waals surface area contributed by atoms with Gasteiger partial charge >= 0.3 is 5.97 Å². The van der Waals surface area contributed by atoms with Crippen molar-refractivity contribution in [3.05, 3.63) is 35.4 Å². The van der Waals surface area contributed by atoms with Gasteiger partial charge in [0, 0.05) is 6.54 Å². The SMILES string of the molecule is CN(C)Cc1ccc([C@H]2CCCC[C@@H]2C(=O)O)cc1. The van der Waals surface area contributed by atoms with Gasteiger partial charge < -0.3 is 10.0 Å². The number of carboxylic acids is 1. The number of carbonyl (C=O) groups is 1. The van der Waals surface area contributed by atoms with Crippen molar-refractivity contribution < 1.29 is 9.90 Å². The fraction of sp³-hybridized carbons (Fsp3) is 0.562. The molecule has 1 aromatic rings. The minimum atomic E-state index is -0.637. The molecule has 1 aromatic carbocycles. The molecule has 0 saturated heterocycles. The highest BCUT2D eigenvalue weighted by Gasteiger charge is 2.31. The van der Waals surface area contributed by atoms with E-state index in [9.17, 15) is 9.90 Å². The first-order valence-electron chi connectivity index (χ1n) is 7.04. The van der Waals surface area contributed by atoms with E-state index in [1.165, 1.54) is 11.1 Å². The van der Waals surface area contributed by atoms with Crippen LogP contribution in [0.15, 0.2) is 24.3 Å². The number of hydrogen-bond acceptors (Lipinski definition) is 2. The van der Waals surface area contributed by atoms with Gasteiger partial charge in [0.05, 0.1) is 5.92 Å². The highest BCUT2D eigenvalue weighted by atomic mass is 16.4. The molecule has 0 aromatic heterocycles. The second-order valence-electron chi connectivity index (χ2n) is 5.82. The molecule has 0 unspecified atom stereocenters. The number of aliphatic carboxylic acids is 1. The van der Waals surface area contributed by atoms with Crippen LogP contribution >= 0.6 is 0 Å². The molecule has 19 heavy (non-hydrogen) atoms. The van der Waals surface area contributed by atoms with Crippen LogP contribution in [0.25, 0.3) is 0 Å². The molecule has 0 amide bonds. The average molecular weight is 261 g/mol. The fourth-order valence-corrected chi connectivity index (χ4v) is 3.06. The maximum absolute atomic E-state index is 11.3. The molecule has 2 rings (SSSR count). The van der Waals surface area contributed by atoms with Crippen LogP contribution in [0.4, 0.5) is 0 Å². The molecular formula is C16H23NO2. The molecule has 1 aliphatic carbocycles. The first-order chi connectivity index (χ1) is 9.08. The molecule has 1 fully saturated rings. The van der Waals surface area contributed by atoms with E-state index in [4.69, 9.17) is 0 Å². The van der Waals surface area contributed by atoms with Gasteiger partial charge in [-0.25, -0.2) is 0 Å². The van der Waals surface area contributed by atoms with Gasteiger partial charge in [0.1, 0.15) is 0 Å². The Labute approximate surface area is 115 Å². The normalized spacial score (nSPS) is 23.5. The molecule has 1 N–H and O–H groups in total. The molecule has 3 nitrogen and oxygen atoms in total. The Bertz CT molecular complexity index is 425. The third-order valence-electron chi connectivity index (χ3n) is 3.99. The highest BCUT2D eigenvalue weighted by Crippen LogP contribution is 2.37. The quantitative estimate of drug-likeness (QED) is 0.905. The lowest BCUT2D eigenvalue weighted by Gasteiger charge is -2.29. The van der Waals surface area contributed by atoms with Crippen LogP contribution in [0.5, 0.6) is 0 Å². The zero-order valence-corrected chi connectivity index (χ0v) is 11.8. The average Bonchev–Trinajstić information content (AvgIpc) is 2.39. The minimum absolute atomic E-state index is 0.194. The van der Waals surface area contributed by atoms with Crippen molar-refractivity contribution in [1.29, 1.82) is 0 Å². The van der Waals surface area contributed by atoms with Crippen molar-refractivity contribution >= 4 is 5.97 Å². The molecule has 0 heterocycles. The number of benzene rings is 1. The molecule has 2 atom stereocenters. The summed E-state index contributed by atoms with van der Waals surface area (Å²) in [5.74, 6) is -0.643. The van der Waals surface area contributed by atoms with Crippen molar-refractivity contribution in [3.8, 4) is 0 Å². The smallest absolute Gasteiger partial charge is 0.307 e. The predicted octanol–water partition coefficient (Wildman–Crippen LogP) is 3.11. The van der Waals surface area contributed by atoms with E-state index < -0.39 is 5.97 Å². The number of nitrogens with zero attached hydrogens (tertiary/aromatic N) is 1. The first kappa shape index (κ1) is 14.1. The lowest BCUT2D eigenvalue weighted by molar-refractivity contribution is -0.143. The Kier molecular flexibility index (Phi) is 4.59. The van der Waals surface area contributed by atoms with Gasteiger partial charge in [0.15, 0.2) is 0 Å². The van der Waals surface area contributed by atoms with E-state index in [1.807, 2.05) is 0 Å². The minimum Gasteiger partial charge on any atom is -0.481 e. The third-order valence-corrected chi connectivity index (χ3v) is 3.99. The Morgan fingerprint density at radius 1 is 1.21 bits per heavy atom. The highest BCUT2D eigenvalue weighted by molar-refractivity contribution is 5.71. The number of carboxylic acid groups (broad SMARTS) is 1. The van der Waals surface area contributed by atoms with Gasteiger partial charge in [0.25, 0.3) is 0 Å². The second-order valence-corrected chi connectivity index (χ2v) is 5.82. The van der Waals surface area contributed by atoms with Crippen LogP contribution in [0.2, 0.25) is 0 Å². The van der Waals surface area contributed by atoms with Crippen molar-refractivity contribution in [2.24, 2.45) is 5.92 Å². The zero-order chi connectivity index (χ0) is 13.8. The standard InChI is InChI=1S/C16H23NO2/c1-17(2)11-12-7-9-13(10-8-12)14-5-3-4-6-15(14)16(18)19/h7-10,14-15H,3-6,11H2,1-2H3,(H,18,19)/t14-,15+/m1/s1. The largest absolute Gasteiger partial charge is 0.481 e. The molecule has 0 radical (unpaired) electrons. The summed E-state index contributed by atoms with van der Waals surface area (Å²) in [7, 11) is 4.10. The van der Waals surface area contributed by atoms with E-state index in [2.05, 4.69) is 43.3 Å². The van der Waals surface area contributed by atoms with Gasteiger partial charge in [0.2, 0.25) is 0 Å². The van der Waals surface area contributed by atoms with Crippen molar-refractivity contribution in [2.45, 2.75) is 38.1 Å². The van der Waals surface area contributed by atoms with Crippen LogP contribution in [0.3, 0.4) is 0 Å². The predicted molar refractivity (Wildman–Crippen MR) is 76.2 cm³/mol. The topological polar surface area (TPSA) is 40.5 Å². The van der Waals surface area contributed by atoms with Crippen LogP contribution < -0.4 is 0 Å².